The SMILES string of the molecule is Cc1ccc(NC(=O)CN(C)S(=O)(=O)c2ccc(Cl)cc2)cc1Cl. The molecular formula is C16H16Cl2N2O3S. The van der Waals surface area contributed by atoms with Crippen molar-refractivity contribution in [3.8, 4) is 0 Å². The van der Waals surface area contributed by atoms with E-state index in [9.17, 15) is 13.2 Å². The van der Waals surface area contributed by atoms with E-state index in [-0.39, 0.29) is 11.4 Å². The largest absolute Gasteiger partial charge is 0.325 e. The number of nitrogens with one attached hydrogen (secondary N) is 1. The fourth-order valence-electron chi connectivity index (χ4n) is 1.94. The number of hydrogen-bond acceptors (Lipinski definition) is 3. The van der Waals surface area contributed by atoms with Crippen molar-refractivity contribution in [2.24, 2.45) is 0 Å². The third kappa shape index (κ3) is 4.48. The van der Waals surface area contributed by atoms with Gasteiger partial charge in [0.1, 0.15) is 0 Å². The fourth-order valence-corrected chi connectivity index (χ4v) is 3.38. The molecule has 1 amide bonds. The van der Waals surface area contributed by atoms with E-state index in [0.29, 0.717) is 15.7 Å². The average Bonchev–Trinajstić information content (AvgIpc) is 2.51. The summed E-state index contributed by atoms with van der Waals surface area (Å²) >= 11 is 11.8. The van der Waals surface area contributed by atoms with Crippen LogP contribution in [0.2, 0.25) is 10.0 Å². The number of nitrogens with zero attached hydrogens (tertiary/aromatic N) is 1. The van der Waals surface area contributed by atoms with Gasteiger partial charge in [-0.05, 0) is 48.9 Å². The van der Waals surface area contributed by atoms with Crippen molar-refractivity contribution >= 4 is 44.8 Å². The first-order chi connectivity index (χ1) is 11.2. The van der Waals surface area contributed by atoms with Gasteiger partial charge in [0, 0.05) is 22.8 Å². The maximum Gasteiger partial charge on any atom is 0.243 e. The molecule has 0 radical (unpaired) electrons. The lowest BCUT2D eigenvalue weighted by Crippen LogP contribution is -2.34. The molecule has 0 spiro atoms. The van der Waals surface area contributed by atoms with Gasteiger partial charge < -0.3 is 5.32 Å². The summed E-state index contributed by atoms with van der Waals surface area (Å²) in [5, 5.41) is 3.58. The van der Waals surface area contributed by atoms with Gasteiger partial charge in [-0.1, -0.05) is 29.3 Å². The van der Waals surface area contributed by atoms with Crippen LogP contribution in [0.5, 0.6) is 0 Å². The highest BCUT2D eigenvalue weighted by Crippen LogP contribution is 2.20. The van der Waals surface area contributed by atoms with Gasteiger partial charge in [-0.15, -0.1) is 0 Å². The second-order valence-electron chi connectivity index (χ2n) is 5.23. The molecule has 0 saturated heterocycles. The Balaban J connectivity index is 2.07. The number of amides is 1. The number of anilines is 1. The Labute approximate surface area is 151 Å². The number of sulfonamides is 1. The van der Waals surface area contributed by atoms with E-state index in [1.54, 1.807) is 18.2 Å². The van der Waals surface area contributed by atoms with Gasteiger partial charge >= 0.3 is 0 Å². The Bertz CT molecular complexity index is 852. The predicted molar refractivity (Wildman–Crippen MR) is 96.1 cm³/mol. The van der Waals surface area contributed by atoms with Crippen molar-refractivity contribution in [2.75, 3.05) is 18.9 Å². The van der Waals surface area contributed by atoms with Gasteiger partial charge in [0.2, 0.25) is 15.9 Å². The molecule has 2 aromatic rings. The van der Waals surface area contributed by atoms with Crippen molar-refractivity contribution in [2.45, 2.75) is 11.8 Å². The molecule has 2 rings (SSSR count). The molecule has 0 heterocycles. The topological polar surface area (TPSA) is 66.5 Å². The normalized spacial score (nSPS) is 11.5. The van der Waals surface area contributed by atoms with Gasteiger partial charge in [0.15, 0.2) is 0 Å². The molecule has 0 atom stereocenters. The van der Waals surface area contributed by atoms with Crippen molar-refractivity contribution in [3.05, 3.63) is 58.1 Å². The Morgan fingerprint density at radius 1 is 1.12 bits per heavy atom. The number of carbonyl (C=O) groups is 1. The third-order valence-corrected chi connectivity index (χ3v) is 5.82. The summed E-state index contributed by atoms with van der Waals surface area (Å²) in [7, 11) is -2.43. The molecule has 2 aromatic carbocycles. The highest BCUT2D eigenvalue weighted by molar-refractivity contribution is 7.89. The number of likely N-dealkylation sites (N-methyl/N-ethyl adjacent to an activating group) is 1. The number of rotatable bonds is 5. The minimum Gasteiger partial charge on any atom is -0.325 e. The smallest absolute Gasteiger partial charge is 0.243 e. The second kappa shape index (κ2) is 7.53. The number of carbonyl (C=O) groups excluding carboxylic acids is 1. The van der Waals surface area contributed by atoms with Crippen LogP contribution in [0, 0.1) is 6.92 Å². The molecule has 5 nitrogen and oxygen atoms in total. The average molecular weight is 387 g/mol. The minimum absolute atomic E-state index is 0.0700. The number of hydrogen-bond donors (Lipinski definition) is 1. The van der Waals surface area contributed by atoms with Crippen LogP contribution in [0.1, 0.15) is 5.56 Å². The van der Waals surface area contributed by atoms with Crippen LogP contribution < -0.4 is 5.32 Å². The molecule has 0 bridgehead atoms. The summed E-state index contributed by atoms with van der Waals surface area (Å²) in [6, 6.07) is 10.8. The van der Waals surface area contributed by atoms with E-state index >= 15 is 0 Å². The summed E-state index contributed by atoms with van der Waals surface area (Å²) in [6.45, 7) is 1.52. The Hall–Kier alpha value is -1.60. The first-order valence-corrected chi connectivity index (χ1v) is 9.17. The maximum absolute atomic E-state index is 12.4. The number of benzene rings is 2. The fraction of sp³-hybridized carbons (Fsp3) is 0.188. The lowest BCUT2D eigenvalue weighted by Gasteiger charge is -2.17. The summed E-state index contributed by atoms with van der Waals surface area (Å²) < 4.78 is 25.8. The molecule has 1 N–H and O–H groups in total. The van der Waals surface area contributed by atoms with Gasteiger partial charge in [-0.2, -0.15) is 4.31 Å². The van der Waals surface area contributed by atoms with Crippen molar-refractivity contribution < 1.29 is 13.2 Å². The lowest BCUT2D eigenvalue weighted by molar-refractivity contribution is -0.116. The Morgan fingerprint density at radius 3 is 2.33 bits per heavy atom. The van der Waals surface area contributed by atoms with Crippen molar-refractivity contribution in [3.63, 3.8) is 0 Å². The van der Waals surface area contributed by atoms with E-state index in [0.717, 1.165) is 9.87 Å². The molecular weight excluding hydrogens is 371 g/mol. The van der Waals surface area contributed by atoms with Crippen LogP contribution >= 0.6 is 23.2 Å². The quantitative estimate of drug-likeness (QED) is 0.853. The molecule has 0 saturated carbocycles. The molecule has 0 unspecified atom stereocenters. The van der Waals surface area contributed by atoms with Gasteiger partial charge in [0.05, 0.1) is 11.4 Å². The highest BCUT2D eigenvalue weighted by atomic mass is 35.5. The summed E-state index contributed by atoms with van der Waals surface area (Å²) in [6.07, 6.45) is 0. The molecule has 0 fully saturated rings. The first kappa shape index (κ1) is 18.7. The third-order valence-electron chi connectivity index (χ3n) is 3.34. The van der Waals surface area contributed by atoms with E-state index < -0.39 is 15.9 Å². The number of halogens is 2. The van der Waals surface area contributed by atoms with Crippen LogP contribution in [0.3, 0.4) is 0 Å². The number of aryl methyl sites for hydroxylation is 1. The lowest BCUT2D eigenvalue weighted by atomic mass is 10.2. The summed E-state index contributed by atoms with van der Waals surface area (Å²) in [5.74, 6) is -0.463. The van der Waals surface area contributed by atoms with Crippen LogP contribution in [0.25, 0.3) is 0 Å². The molecule has 0 aliphatic carbocycles. The van der Waals surface area contributed by atoms with Crippen LogP contribution in [0.15, 0.2) is 47.4 Å². The Kier molecular flexibility index (Phi) is 5.87. The Morgan fingerprint density at radius 2 is 1.75 bits per heavy atom. The monoisotopic (exact) mass is 386 g/mol. The van der Waals surface area contributed by atoms with Crippen LogP contribution in [-0.2, 0) is 14.8 Å². The first-order valence-electron chi connectivity index (χ1n) is 6.98. The minimum atomic E-state index is -3.77. The standard InChI is InChI=1S/C16H16Cl2N2O3S/c1-11-3-6-13(9-15(11)18)19-16(21)10-20(2)24(22,23)14-7-4-12(17)5-8-14/h3-9H,10H2,1-2H3,(H,19,21). The zero-order valence-electron chi connectivity index (χ0n) is 13.1. The second-order valence-corrected chi connectivity index (χ2v) is 8.12. The van der Waals surface area contributed by atoms with Crippen LogP contribution in [0.4, 0.5) is 5.69 Å². The summed E-state index contributed by atoms with van der Waals surface area (Å²) in [4.78, 5) is 12.1. The van der Waals surface area contributed by atoms with E-state index in [2.05, 4.69) is 5.32 Å². The molecule has 0 aliphatic rings. The zero-order chi connectivity index (χ0) is 17.9. The predicted octanol–water partition coefficient (Wildman–Crippen LogP) is 3.56. The molecule has 24 heavy (non-hydrogen) atoms. The molecule has 128 valence electrons. The zero-order valence-corrected chi connectivity index (χ0v) is 15.4. The van der Waals surface area contributed by atoms with Gasteiger partial charge in [-0.3, -0.25) is 4.79 Å². The molecule has 8 heteroatoms. The van der Waals surface area contributed by atoms with E-state index in [1.807, 2.05) is 6.92 Å². The van der Waals surface area contributed by atoms with Crippen molar-refractivity contribution in [1.29, 1.82) is 0 Å². The van der Waals surface area contributed by atoms with Crippen LogP contribution in [-0.4, -0.2) is 32.2 Å². The molecule has 0 aliphatic heterocycles. The maximum atomic E-state index is 12.4. The van der Waals surface area contributed by atoms with Gasteiger partial charge in [0.25, 0.3) is 0 Å². The van der Waals surface area contributed by atoms with Crippen molar-refractivity contribution in [1.82, 2.24) is 4.31 Å². The van der Waals surface area contributed by atoms with E-state index in [1.165, 1.54) is 31.3 Å². The van der Waals surface area contributed by atoms with Gasteiger partial charge in [-0.25, -0.2) is 8.42 Å². The molecule has 0 aromatic heterocycles. The highest BCUT2D eigenvalue weighted by Gasteiger charge is 2.22. The van der Waals surface area contributed by atoms with E-state index in [4.69, 9.17) is 23.2 Å². The summed E-state index contributed by atoms with van der Waals surface area (Å²) in [5.41, 5.74) is 1.39.